The van der Waals surface area contributed by atoms with Gasteiger partial charge < -0.3 is 14.2 Å². The van der Waals surface area contributed by atoms with Crippen LogP contribution in [0.5, 0.6) is 17.2 Å². The zero-order valence-electron chi connectivity index (χ0n) is 33.0. The molecule has 6 rings (SSSR count). The van der Waals surface area contributed by atoms with Crippen LogP contribution in [0.3, 0.4) is 0 Å². The summed E-state index contributed by atoms with van der Waals surface area (Å²) in [6.45, 7) is 30.9. The summed E-state index contributed by atoms with van der Waals surface area (Å²) in [5, 5.41) is 3.48. The Morgan fingerprint density at radius 2 is 1.02 bits per heavy atom. The van der Waals surface area contributed by atoms with E-state index in [1.807, 2.05) is 74.5 Å². The summed E-state index contributed by atoms with van der Waals surface area (Å²) in [5.41, 5.74) is 8.95. The summed E-state index contributed by atoms with van der Waals surface area (Å²) >= 11 is 0. The van der Waals surface area contributed by atoms with Crippen LogP contribution in [-0.4, -0.2) is 11.9 Å². The molecule has 0 bridgehead atoms. The van der Waals surface area contributed by atoms with Gasteiger partial charge in [-0.3, -0.25) is 0 Å². The smallest absolute Gasteiger partial charge is 0.338 e. The van der Waals surface area contributed by atoms with Gasteiger partial charge in [-0.15, -0.1) is 0 Å². The third kappa shape index (κ3) is 9.12. The number of fused-ring (bicyclic) bond motifs is 2. The molecule has 0 aliphatic rings. The number of rotatable bonds is 14. The van der Waals surface area contributed by atoms with Crippen LogP contribution in [0.4, 0.5) is 0 Å². The van der Waals surface area contributed by atoms with Gasteiger partial charge in [0.05, 0.1) is 0 Å². The van der Waals surface area contributed by atoms with Crippen LogP contribution in [0, 0.1) is 0 Å². The fourth-order valence-corrected chi connectivity index (χ4v) is 6.58. The lowest BCUT2D eigenvalue weighted by molar-refractivity contribution is -0.130. The highest BCUT2D eigenvalue weighted by atomic mass is 16.5. The Hall–Kier alpha value is -6.98. The van der Waals surface area contributed by atoms with Crippen LogP contribution in [0.25, 0.3) is 32.7 Å². The number of esters is 2. The van der Waals surface area contributed by atoms with Crippen LogP contribution >= 0.6 is 0 Å². The normalized spacial score (nSPS) is 11.4. The van der Waals surface area contributed by atoms with Gasteiger partial charge in [0.1, 0.15) is 23.0 Å². The van der Waals surface area contributed by atoms with Crippen LogP contribution in [-0.2, 0) is 16.0 Å². The molecule has 6 aromatic rings. The Labute approximate surface area is 335 Å². The minimum atomic E-state index is -0.546. The predicted molar refractivity (Wildman–Crippen MR) is 234 cm³/mol. The van der Waals surface area contributed by atoms with Gasteiger partial charge in [-0.25, -0.2) is 9.59 Å². The van der Waals surface area contributed by atoms with Crippen molar-refractivity contribution in [3.63, 3.8) is 0 Å². The molecule has 0 saturated carbocycles. The molecule has 1 unspecified atom stereocenters. The second-order valence-corrected chi connectivity index (χ2v) is 14.6. The summed E-state index contributed by atoms with van der Waals surface area (Å²) in [6, 6.07) is 38.2. The minimum Gasteiger partial charge on any atom is -0.458 e. The highest BCUT2D eigenvalue weighted by Crippen LogP contribution is 2.44. The molecular weight excluding hydrogens is 705 g/mol. The molecule has 0 amide bonds. The highest BCUT2D eigenvalue weighted by Gasteiger charge is 2.25. The van der Waals surface area contributed by atoms with Crippen molar-refractivity contribution in [2.45, 2.75) is 40.0 Å². The molecule has 0 aliphatic carbocycles. The average Bonchev–Trinajstić information content (AvgIpc) is 3.18. The molecule has 0 aromatic heterocycles. The van der Waals surface area contributed by atoms with E-state index in [-0.39, 0.29) is 11.1 Å². The molecule has 1 atom stereocenters. The molecule has 0 fully saturated rings. The Morgan fingerprint density at radius 1 is 0.509 bits per heavy atom. The van der Waals surface area contributed by atoms with Crippen molar-refractivity contribution in [2.24, 2.45) is 0 Å². The standard InChI is InChI=1S/C52H46O5/c1-31(2)35(9)24-37-16-22-46-41(25-37)27-44(56-51(53)33(5)6)29-48(46)50(40-19-17-39(18-20-40)38-14-12-11-13-15-38)49-30-45(57-52(54)34(7)8)28-42-26-43(21-23-47(42)49)55-36(10)32(3)4/h11-23,25-30,50H,1,3,5,7,9-10,24H2,2,4,6,8H3. The number of hydrogen-bond acceptors (Lipinski definition) is 5. The van der Waals surface area contributed by atoms with Gasteiger partial charge in [-0.05, 0) is 137 Å². The zero-order valence-corrected chi connectivity index (χ0v) is 33.0. The number of benzene rings is 6. The molecule has 57 heavy (non-hydrogen) atoms. The quantitative estimate of drug-likeness (QED) is 0.0277. The summed E-state index contributed by atoms with van der Waals surface area (Å²) in [5.74, 6) is 0.165. The number of hydrogen-bond donors (Lipinski definition) is 0. The van der Waals surface area contributed by atoms with E-state index in [0.717, 1.165) is 66.1 Å². The van der Waals surface area contributed by atoms with Gasteiger partial charge in [-0.2, -0.15) is 0 Å². The maximum absolute atomic E-state index is 13.0. The number of allylic oxidation sites excluding steroid dienone is 3. The van der Waals surface area contributed by atoms with E-state index in [1.54, 1.807) is 13.8 Å². The lowest BCUT2D eigenvalue weighted by atomic mass is 9.80. The maximum Gasteiger partial charge on any atom is 0.338 e. The average molecular weight is 751 g/mol. The number of carbonyl (C=O) groups excluding carboxylic acids is 2. The van der Waals surface area contributed by atoms with Gasteiger partial charge in [0, 0.05) is 17.1 Å². The van der Waals surface area contributed by atoms with Gasteiger partial charge >= 0.3 is 11.9 Å². The Morgan fingerprint density at radius 3 is 1.54 bits per heavy atom. The summed E-state index contributed by atoms with van der Waals surface area (Å²) in [7, 11) is 0. The third-order valence-corrected chi connectivity index (χ3v) is 9.78. The van der Waals surface area contributed by atoms with Gasteiger partial charge in [-0.1, -0.05) is 124 Å². The van der Waals surface area contributed by atoms with Crippen molar-refractivity contribution in [2.75, 3.05) is 0 Å². The molecule has 0 N–H and O–H groups in total. The minimum absolute atomic E-state index is 0.266. The van der Waals surface area contributed by atoms with Crippen molar-refractivity contribution in [3.05, 3.63) is 211 Å². The molecule has 284 valence electrons. The van der Waals surface area contributed by atoms with E-state index in [4.69, 9.17) is 14.2 Å². The van der Waals surface area contributed by atoms with E-state index in [2.05, 4.69) is 94.1 Å². The second kappa shape index (κ2) is 16.8. The first-order valence-corrected chi connectivity index (χ1v) is 18.6. The third-order valence-electron chi connectivity index (χ3n) is 9.78. The molecule has 0 aliphatic heterocycles. The highest BCUT2D eigenvalue weighted by molar-refractivity contribution is 5.96. The SMILES string of the molecule is C=C(C)C(=C)Cc1ccc2c(C(c3ccc(-c4ccccc4)cc3)c3cc(OC(=O)C(=C)C)cc4cc(OC(=C)C(=C)C)ccc34)cc(OC(=O)C(=C)C)cc2c1. The Bertz CT molecular complexity index is 2490. The van der Waals surface area contributed by atoms with E-state index < -0.39 is 17.9 Å². The molecule has 0 radical (unpaired) electrons. The first kappa shape index (κ1) is 39.7. The topological polar surface area (TPSA) is 61.8 Å². The van der Waals surface area contributed by atoms with Gasteiger partial charge in [0.2, 0.25) is 0 Å². The first-order valence-electron chi connectivity index (χ1n) is 18.6. The van der Waals surface area contributed by atoms with Crippen LogP contribution in [0.15, 0.2) is 188 Å². The molecule has 0 heterocycles. The van der Waals surface area contributed by atoms with Crippen molar-refractivity contribution in [3.8, 4) is 28.4 Å². The lowest BCUT2D eigenvalue weighted by Crippen LogP contribution is -2.11. The monoisotopic (exact) mass is 750 g/mol. The number of ether oxygens (including phenoxy) is 3. The van der Waals surface area contributed by atoms with Crippen molar-refractivity contribution in [1.82, 2.24) is 0 Å². The summed E-state index contributed by atoms with van der Waals surface area (Å²) < 4.78 is 18.0. The maximum atomic E-state index is 13.0. The summed E-state index contributed by atoms with van der Waals surface area (Å²) in [4.78, 5) is 26.1. The molecule has 0 saturated heterocycles. The van der Waals surface area contributed by atoms with Gasteiger partial charge in [0.25, 0.3) is 0 Å². The van der Waals surface area contributed by atoms with Crippen LogP contribution < -0.4 is 14.2 Å². The van der Waals surface area contributed by atoms with Gasteiger partial charge in [0.15, 0.2) is 0 Å². The van der Waals surface area contributed by atoms with E-state index in [0.29, 0.717) is 35.0 Å². The fraction of sp³-hybridized carbons (Fsp3) is 0.115. The van der Waals surface area contributed by atoms with E-state index in [1.165, 1.54) is 0 Å². The van der Waals surface area contributed by atoms with Crippen molar-refractivity contribution in [1.29, 1.82) is 0 Å². The molecule has 6 aromatic carbocycles. The first-order chi connectivity index (χ1) is 27.2. The van der Waals surface area contributed by atoms with Crippen LogP contribution in [0.2, 0.25) is 0 Å². The molecule has 0 spiro atoms. The molecular formula is C52H46O5. The second-order valence-electron chi connectivity index (χ2n) is 14.6. The fourth-order valence-electron chi connectivity index (χ4n) is 6.58. The van der Waals surface area contributed by atoms with Crippen molar-refractivity contribution < 1.29 is 23.8 Å². The number of carbonyl (C=O) groups is 2. The zero-order chi connectivity index (χ0) is 41.0. The molecule has 5 nitrogen and oxygen atoms in total. The summed E-state index contributed by atoms with van der Waals surface area (Å²) in [6.07, 6.45) is 0.615. The van der Waals surface area contributed by atoms with E-state index in [9.17, 15) is 9.59 Å². The lowest BCUT2D eigenvalue weighted by Gasteiger charge is -2.25. The van der Waals surface area contributed by atoms with E-state index >= 15 is 0 Å². The van der Waals surface area contributed by atoms with Crippen LogP contribution in [0.1, 0.15) is 55.9 Å². The Balaban J connectivity index is 1.66. The predicted octanol–water partition coefficient (Wildman–Crippen LogP) is 12.9. The largest absolute Gasteiger partial charge is 0.458 e. The molecule has 5 heteroatoms. The van der Waals surface area contributed by atoms with Crippen molar-refractivity contribution >= 4 is 33.5 Å². The Kier molecular flexibility index (Phi) is 11.7.